The topological polar surface area (TPSA) is 29.4 Å². The van der Waals surface area contributed by atoms with Crippen LogP contribution in [-0.4, -0.2) is 21.9 Å². The fourth-order valence-corrected chi connectivity index (χ4v) is 2.33. The first-order chi connectivity index (χ1) is 4.77. The van der Waals surface area contributed by atoms with Gasteiger partial charge in [-0.05, 0) is 25.3 Å². The quantitative estimate of drug-likeness (QED) is 0.354. The first-order valence-electron chi connectivity index (χ1n) is 3.86. The van der Waals surface area contributed by atoms with Crippen LogP contribution in [0.25, 0.3) is 0 Å². The Kier molecular flexibility index (Phi) is 3.21. The van der Waals surface area contributed by atoms with E-state index in [-0.39, 0.29) is 5.54 Å². The monoisotopic (exact) mass is 171 g/mol. The van der Waals surface area contributed by atoms with Crippen molar-refractivity contribution in [3.8, 4) is 0 Å². The van der Waals surface area contributed by atoms with Crippen LogP contribution in [0.4, 0.5) is 0 Å². The number of hydrogen-bond acceptors (Lipinski definition) is 2. The van der Waals surface area contributed by atoms with Gasteiger partial charge in [-0.15, -0.1) is 0 Å². The second-order valence-electron chi connectivity index (χ2n) is 4.75. The third-order valence-corrected chi connectivity index (χ3v) is 1.66. The molecule has 0 atom stereocenters. The molecule has 0 aromatic rings. The third kappa shape index (κ3) is 6.01. The van der Waals surface area contributed by atoms with E-state index >= 15 is 0 Å². The molecule has 0 amide bonds. The van der Waals surface area contributed by atoms with E-state index in [1.54, 1.807) is 6.08 Å². The molecule has 0 rings (SSSR count). The zero-order valence-corrected chi connectivity index (χ0v) is 10.1. The third-order valence-electron chi connectivity index (χ3n) is 1.31. The smallest absolute Gasteiger partial charge is 0.211 e. The van der Waals surface area contributed by atoms with E-state index in [4.69, 9.17) is 0 Å². The van der Waals surface area contributed by atoms with Crippen molar-refractivity contribution in [1.82, 2.24) is 0 Å². The van der Waals surface area contributed by atoms with Gasteiger partial charge in [-0.2, -0.15) is 4.99 Å². The number of aliphatic imine (C=N–C) groups is 1. The highest BCUT2D eigenvalue weighted by molar-refractivity contribution is 6.14. The zero-order valence-electron chi connectivity index (χ0n) is 8.06. The van der Waals surface area contributed by atoms with Crippen LogP contribution in [0.3, 0.4) is 0 Å². The van der Waals surface area contributed by atoms with Crippen molar-refractivity contribution >= 4 is 16.3 Å². The van der Waals surface area contributed by atoms with E-state index in [0.29, 0.717) is 5.04 Å². The van der Waals surface area contributed by atoms with Crippen molar-refractivity contribution in [1.29, 1.82) is 0 Å². The Hall–Kier alpha value is -0.403. The van der Waals surface area contributed by atoms with E-state index in [0.717, 1.165) is 16.7 Å². The lowest BCUT2D eigenvalue weighted by molar-refractivity contribution is 0.412. The molecule has 0 radical (unpaired) electrons. The van der Waals surface area contributed by atoms with Crippen LogP contribution in [0.5, 0.6) is 0 Å². The summed E-state index contributed by atoms with van der Waals surface area (Å²) in [5.74, 6) is 0. The van der Waals surface area contributed by atoms with Gasteiger partial charge in [0, 0.05) is 10.2 Å². The van der Waals surface area contributed by atoms with Gasteiger partial charge >= 0.3 is 0 Å². The van der Waals surface area contributed by atoms with Gasteiger partial charge in [-0.1, -0.05) is 13.8 Å². The Labute approximate surface area is 71.5 Å². The van der Waals surface area contributed by atoms with Crippen LogP contribution in [0, 0.1) is 0 Å². The second kappa shape index (κ2) is 3.33. The second-order valence-corrected chi connectivity index (χ2v) is 7.46. The highest BCUT2D eigenvalue weighted by Crippen LogP contribution is 2.32. The Morgan fingerprint density at radius 1 is 1.36 bits per heavy atom. The molecule has 0 aliphatic carbocycles. The SMILES string of the molecule is CC(C)([SiH3])CC(C)(C)N=C=O. The summed E-state index contributed by atoms with van der Waals surface area (Å²) in [4.78, 5) is 13.8. The van der Waals surface area contributed by atoms with Crippen LogP contribution in [-0.2, 0) is 4.79 Å². The standard InChI is InChI=1S/C8H17NOSi/c1-7(2,9-6-10)5-8(3,4)11/h5H2,1-4,11H3. The summed E-state index contributed by atoms with van der Waals surface area (Å²) in [6.45, 7) is 8.33. The number of rotatable bonds is 3. The molecule has 0 aliphatic heterocycles. The van der Waals surface area contributed by atoms with E-state index < -0.39 is 0 Å². The van der Waals surface area contributed by atoms with Gasteiger partial charge in [0.1, 0.15) is 0 Å². The molecular weight excluding hydrogens is 154 g/mol. The minimum Gasteiger partial charge on any atom is -0.211 e. The molecule has 0 aliphatic rings. The molecule has 0 bridgehead atoms. The molecule has 0 spiro atoms. The average Bonchev–Trinajstić information content (AvgIpc) is 1.55. The minimum absolute atomic E-state index is 0.229. The summed E-state index contributed by atoms with van der Waals surface area (Å²) >= 11 is 0. The lowest BCUT2D eigenvalue weighted by Gasteiger charge is -2.27. The molecule has 64 valence electrons. The molecule has 0 heterocycles. The Morgan fingerprint density at radius 3 is 2.09 bits per heavy atom. The van der Waals surface area contributed by atoms with Crippen molar-refractivity contribution in [2.45, 2.75) is 44.7 Å². The summed E-state index contributed by atoms with van der Waals surface area (Å²) in [7, 11) is 1.13. The van der Waals surface area contributed by atoms with E-state index in [1.807, 2.05) is 13.8 Å². The molecular formula is C8H17NOSi. The molecule has 3 heteroatoms. The van der Waals surface area contributed by atoms with Crippen LogP contribution in [0.2, 0.25) is 5.04 Å². The van der Waals surface area contributed by atoms with Crippen LogP contribution < -0.4 is 0 Å². The maximum absolute atomic E-state index is 10.0. The molecule has 0 aromatic heterocycles. The Balaban J connectivity index is 4.24. The molecule has 2 nitrogen and oxygen atoms in total. The van der Waals surface area contributed by atoms with Crippen LogP contribution in [0.1, 0.15) is 34.1 Å². The van der Waals surface area contributed by atoms with E-state index in [1.165, 1.54) is 0 Å². The summed E-state index contributed by atoms with van der Waals surface area (Å²) in [5.41, 5.74) is -0.229. The molecule has 11 heavy (non-hydrogen) atoms. The van der Waals surface area contributed by atoms with Gasteiger partial charge in [0.25, 0.3) is 0 Å². The molecule has 0 unspecified atom stereocenters. The van der Waals surface area contributed by atoms with Crippen molar-refractivity contribution < 1.29 is 4.79 Å². The summed E-state index contributed by atoms with van der Waals surface area (Å²) in [6, 6.07) is 0. The van der Waals surface area contributed by atoms with Gasteiger partial charge < -0.3 is 0 Å². The lowest BCUT2D eigenvalue weighted by Crippen LogP contribution is -2.22. The van der Waals surface area contributed by atoms with Gasteiger partial charge in [-0.3, -0.25) is 0 Å². The molecule has 0 fully saturated rings. The normalized spacial score (nSPS) is 12.7. The average molecular weight is 171 g/mol. The number of isocyanates is 1. The molecule has 0 N–H and O–H groups in total. The maximum Gasteiger partial charge on any atom is 0.235 e. The van der Waals surface area contributed by atoms with Gasteiger partial charge in [0.05, 0.1) is 5.54 Å². The van der Waals surface area contributed by atoms with Crippen LogP contribution >= 0.6 is 0 Å². The first-order valence-corrected chi connectivity index (χ1v) is 4.86. The van der Waals surface area contributed by atoms with Gasteiger partial charge in [-0.25, -0.2) is 4.79 Å². The van der Waals surface area contributed by atoms with Crippen molar-refractivity contribution in [3.05, 3.63) is 0 Å². The predicted molar refractivity (Wildman–Crippen MR) is 50.8 cm³/mol. The van der Waals surface area contributed by atoms with Crippen molar-refractivity contribution in [3.63, 3.8) is 0 Å². The maximum atomic E-state index is 10.0. The van der Waals surface area contributed by atoms with Crippen LogP contribution in [0.15, 0.2) is 4.99 Å². The Bertz CT molecular complexity index is 175. The van der Waals surface area contributed by atoms with Gasteiger partial charge in [0.2, 0.25) is 6.08 Å². The number of hydrogen-bond donors (Lipinski definition) is 0. The molecule has 0 saturated heterocycles. The molecule has 0 aromatic carbocycles. The lowest BCUT2D eigenvalue weighted by atomic mass is 9.93. The van der Waals surface area contributed by atoms with E-state index in [9.17, 15) is 4.79 Å². The number of carbonyl (C=O) groups excluding carboxylic acids is 1. The van der Waals surface area contributed by atoms with Crippen molar-refractivity contribution in [2.24, 2.45) is 4.99 Å². The van der Waals surface area contributed by atoms with E-state index in [2.05, 4.69) is 18.8 Å². The zero-order chi connectivity index (χ0) is 9.12. The first kappa shape index (κ1) is 10.6. The fourth-order valence-electron chi connectivity index (χ4n) is 1.46. The minimum atomic E-state index is -0.229. The highest BCUT2D eigenvalue weighted by Gasteiger charge is 2.24. The number of nitrogens with zero attached hydrogens (tertiary/aromatic N) is 1. The Morgan fingerprint density at radius 2 is 1.82 bits per heavy atom. The largest absolute Gasteiger partial charge is 0.235 e. The summed E-state index contributed by atoms with van der Waals surface area (Å²) in [5, 5.41) is 0.351. The highest BCUT2D eigenvalue weighted by atomic mass is 28.1. The summed E-state index contributed by atoms with van der Waals surface area (Å²) < 4.78 is 0. The summed E-state index contributed by atoms with van der Waals surface area (Å²) in [6.07, 6.45) is 2.58. The fraction of sp³-hybridized carbons (Fsp3) is 0.875. The molecule has 0 saturated carbocycles. The van der Waals surface area contributed by atoms with Crippen molar-refractivity contribution in [2.75, 3.05) is 0 Å². The van der Waals surface area contributed by atoms with Gasteiger partial charge in [0.15, 0.2) is 0 Å². The predicted octanol–water partition coefficient (Wildman–Crippen LogP) is 1.05.